The number of tetrazole rings is 1. The summed E-state index contributed by atoms with van der Waals surface area (Å²) in [5, 5.41) is 15.5. The molecular weight excluding hydrogens is 246 g/mol. The van der Waals surface area contributed by atoms with E-state index in [0.717, 1.165) is 44.1 Å². The average Bonchev–Trinajstić information content (AvgIpc) is 3.00. The maximum Gasteiger partial charge on any atom is 0.245 e. The van der Waals surface area contributed by atoms with Gasteiger partial charge in [0.15, 0.2) is 5.82 Å². The lowest BCUT2D eigenvalue weighted by atomic mass is 9.93. The Bertz CT molecular complexity index is 541. The molecule has 1 fully saturated rings. The van der Waals surface area contributed by atoms with Crippen molar-refractivity contribution >= 4 is 5.95 Å². The third kappa shape index (κ3) is 2.56. The number of hydrogen-bond donors (Lipinski definition) is 0. The monoisotopic (exact) mass is 263 g/mol. The van der Waals surface area contributed by atoms with E-state index in [4.69, 9.17) is 4.52 Å². The maximum absolute atomic E-state index is 5.00. The van der Waals surface area contributed by atoms with Crippen LogP contribution in [0.1, 0.15) is 24.6 Å². The zero-order chi connectivity index (χ0) is 13.2. The molecule has 0 spiro atoms. The van der Waals surface area contributed by atoms with Crippen LogP contribution < -0.4 is 4.90 Å². The van der Waals surface area contributed by atoms with Gasteiger partial charge < -0.3 is 9.42 Å². The number of hydrogen-bond acceptors (Lipinski definition) is 7. The number of anilines is 1. The Morgan fingerprint density at radius 2 is 2.11 bits per heavy atom. The molecule has 102 valence electrons. The Kier molecular flexibility index (Phi) is 3.14. The summed E-state index contributed by atoms with van der Waals surface area (Å²) in [6, 6.07) is 0. The molecule has 0 bridgehead atoms. The normalized spacial score (nSPS) is 17.1. The van der Waals surface area contributed by atoms with Gasteiger partial charge in [-0.25, -0.2) is 4.68 Å². The second kappa shape index (κ2) is 4.94. The van der Waals surface area contributed by atoms with Crippen molar-refractivity contribution in [2.45, 2.75) is 26.2 Å². The highest BCUT2D eigenvalue weighted by atomic mass is 16.5. The third-order valence-electron chi connectivity index (χ3n) is 3.54. The van der Waals surface area contributed by atoms with Crippen LogP contribution >= 0.6 is 0 Å². The Labute approximate surface area is 110 Å². The molecule has 1 saturated heterocycles. The number of rotatable bonds is 3. The molecular formula is C11H17N7O. The van der Waals surface area contributed by atoms with Gasteiger partial charge >= 0.3 is 0 Å². The molecule has 2 aromatic heterocycles. The zero-order valence-electron chi connectivity index (χ0n) is 11.2. The first kappa shape index (κ1) is 12.1. The molecule has 0 saturated carbocycles. The summed E-state index contributed by atoms with van der Waals surface area (Å²) < 4.78 is 6.71. The van der Waals surface area contributed by atoms with Crippen LogP contribution in [-0.2, 0) is 13.5 Å². The minimum atomic E-state index is 0.606. The quantitative estimate of drug-likeness (QED) is 0.790. The molecule has 0 unspecified atom stereocenters. The summed E-state index contributed by atoms with van der Waals surface area (Å²) in [7, 11) is 1.86. The molecule has 19 heavy (non-hydrogen) atoms. The number of piperidine rings is 1. The van der Waals surface area contributed by atoms with Gasteiger partial charge in [-0.2, -0.15) is 4.98 Å². The summed E-state index contributed by atoms with van der Waals surface area (Å²) in [5.74, 6) is 2.90. The van der Waals surface area contributed by atoms with E-state index in [9.17, 15) is 0 Å². The Balaban J connectivity index is 1.56. The molecule has 0 amide bonds. The summed E-state index contributed by atoms with van der Waals surface area (Å²) in [4.78, 5) is 6.48. The van der Waals surface area contributed by atoms with Gasteiger partial charge in [-0.05, 0) is 29.2 Å². The smallest absolute Gasteiger partial charge is 0.245 e. The van der Waals surface area contributed by atoms with Crippen molar-refractivity contribution in [3.63, 3.8) is 0 Å². The molecule has 3 rings (SSSR count). The Hall–Kier alpha value is -1.99. The van der Waals surface area contributed by atoms with Crippen LogP contribution in [0.4, 0.5) is 5.95 Å². The van der Waals surface area contributed by atoms with Crippen molar-refractivity contribution in [1.29, 1.82) is 0 Å². The number of aryl methyl sites for hydroxylation is 2. The minimum absolute atomic E-state index is 0.606. The van der Waals surface area contributed by atoms with Gasteiger partial charge in [0.1, 0.15) is 0 Å². The van der Waals surface area contributed by atoms with Crippen molar-refractivity contribution < 1.29 is 4.52 Å². The SMILES string of the molecule is Cc1nc(CC2CCN(c3nnnn3C)CC2)no1. The van der Waals surface area contributed by atoms with Crippen LogP contribution in [0.15, 0.2) is 4.52 Å². The third-order valence-corrected chi connectivity index (χ3v) is 3.54. The second-order valence-electron chi connectivity index (χ2n) is 4.97. The Morgan fingerprint density at radius 1 is 1.32 bits per heavy atom. The molecule has 0 atom stereocenters. The summed E-state index contributed by atoms with van der Waals surface area (Å²) in [5.41, 5.74) is 0. The summed E-state index contributed by atoms with van der Waals surface area (Å²) in [6.45, 7) is 3.76. The fourth-order valence-electron chi connectivity index (χ4n) is 2.51. The van der Waals surface area contributed by atoms with Gasteiger partial charge in [0, 0.05) is 33.5 Å². The van der Waals surface area contributed by atoms with Crippen LogP contribution in [0.3, 0.4) is 0 Å². The maximum atomic E-state index is 5.00. The van der Waals surface area contributed by atoms with E-state index in [2.05, 4.69) is 30.6 Å². The highest BCUT2D eigenvalue weighted by Gasteiger charge is 2.23. The standard InChI is InChI=1S/C11H17N7O/c1-8-12-10(14-19-8)7-9-3-5-18(6-4-9)11-13-15-16-17(11)2/h9H,3-7H2,1-2H3. The lowest BCUT2D eigenvalue weighted by Crippen LogP contribution is -2.36. The lowest BCUT2D eigenvalue weighted by molar-refractivity contribution is 0.364. The largest absolute Gasteiger partial charge is 0.340 e. The van der Waals surface area contributed by atoms with Crippen LogP contribution in [0, 0.1) is 12.8 Å². The predicted octanol–water partition coefficient (Wildman–Crippen LogP) is 0.361. The van der Waals surface area contributed by atoms with Crippen LogP contribution in [0.25, 0.3) is 0 Å². The molecule has 8 nitrogen and oxygen atoms in total. The highest BCUT2D eigenvalue weighted by Crippen LogP contribution is 2.23. The van der Waals surface area contributed by atoms with E-state index in [1.165, 1.54) is 0 Å². The van der Waals surface area contributed by atoms with Crippen LogP contribution in [0.5, 0.6) is 0 Å². The molecule has 0 aromatic carbocycles. The second-order valence-corrected chi connectivity index (χ2v) is 4.97. The van der Waals surface area contributed by atoms with E-state index in [0.29, 0.717) is 11.8 Å². The molecule has 0 aliphatic carbocycles. The summed E-state index contributed by atoms with van der Waals surface area (Å²) in [6.07, 6.45) is 3.09. The highest BCUT2D eigenvalue weighted by molar-refractivity contribution is 5.28. The predicted molar refractivity (Wildman–Crippen MR) is 66.5 cm³/mol. The summed E-state index contributed by atoms with van der Waals surface area (Å²) >= 11 is 0. The fourth-order valence-corrected chi connectivity index (χ4v) is 2.51. The zero-order valence-corrected chi connectivity index (χ0v) is 11.2. The van der Waals surface area contributed by atoms with Gasteiger partial charge in [0.2, 0.25) is 11.8 Å². The molecule has 0 radical (unpaired) electrons. The van der Waals surface area contributed by atoms with Crippen molar-refractivity contribution in [3.8, 4) is 0 Å². The van der Waals surface area contributed by atoms with E-state index >= 15 is 0 Å². The first-order valence-corrected chi connectivity index (χ1v) is 6.49. The van der Waals surface area contributed by atoms with Gasteiger partial charge in [-0.1, -0.05) is 10.3 Å². The average molecular weight is 263 g/mol. The van der Waals surface area contributed by atoms with Gasteiger partial charge in [-0.15, -0.1) is 0 Å². The van der Waals surface area contributed by atoms with Gasteiger partial charge in [0.05, 0.1) is 0 Å². The Morgan fingerprint density at radius 3 is 2.68 bits per heavy atom. The van der Waals surface area contributed by atoms with E-state index in [-0.39, 0.29) is 0 Å². The molecule has 1 aliphatic heterocycles. The number of nitrogens with zero attached hydrogens (tertiary/aromatic N) is 7. The van der Waals surface area contributed by atoms with Crippen LogP contribution in [0.2, 0.25) is 0 Å². The molecule has 2 aromatic rings. The fraction of sp³-hybridized carbons (Fsp3) is 0.727. The van der Waals surface area contributed by atoms with Gasteiger partial charge in [0.25, 0.3) is 0 Å². The van der Waals surface area contributed by atoms with E-state index < -0.39 is 0 Å². The first-order chi connectivity index (χ1) is 9.22. The molecule has 0 N–H and O–H groups in total. The van der Waals surface area contributed by atoms with Crippen LogP contribution in [-0.4, -0.2) is 43.4 Å². The molecule has 8 heteroatoms. The van der Waals surface area contributed by atoms with Gasteiger partial charge in [-0.3, -0.25) is 0 Å². The van der Waals surface area contributed by atoms with Crippen molar-refractivity contribution in [1.82, 2.24) is 30.3 Å². The van der Waals surface area contributed by atoms with Crippen molar-refractivity contribution in [2.75, 3.05) is 18.0 Å². The minimum Gasteiger partial charge on any atom is -0.340 e. The topological polar surface area (TPSA) is 85.8 Å². The number of aromatic nitrogens is 6. The van der Waals surface area contributed by atoms with E-state index in [1.807, 2.05) is 14.0 Å². The van der Waals surface area contributed by atoms with E-state index in [1.54, 1.807) is 4.68 Å². The van der Waals surface area contributed by atoms with Crippen molar-refractivity contribution in [2.24, 2.45) is 13.0 Å². The molecule has 3 heterocycles. The van der Waals surface area contributed by atoms with Crippen molar-refractivity contribution in [3.05, 3.63) is 11.7 Å². The first-order valence-electron chi connectivity index (χ1n) is 6.49. The lowest BCUT2D eigenvalue weighted by Gasteiger charge is -2.31. The molecule has 1 aliphatic rings.